The fourth-order valence-electron chi connectivity index (χ4n) is 2.01. The van der Waals surface area contributed by atoms with E-state index in [-0.39, 0.29) is 31.0 Å². The number of nitrogens with one attached hydrogen (secondary N) is 1. The van der Waals surface area contributed by atoms with Crippen LogP contribution in [0.5, 0.6) is 0 Å². The lowest BCUT2D eigenvalue weighted by Gasteiger charge is -2.33. The highest BCUT2D eigenvalue weighted by atomic mass is 35.5. The third-order valence-electron chi connectivity index (χ3n) is 3.21. The zero-order valence-electron chi connectivity index (χ0n) is 10.5. The number of hydrogen-bond acceptors (Lipinski definition) is 4. The third-order valence-corrected chi connectivity index (χ3v) is 5.01. The van der Waals surface area contributed by atoms with Crippen LogP contribution in [-0.2, 0) is 19.6 Å². The Hall–Kier alpha value is -1.15. The lowest BCUT2D eigenvalue weighted by atomic mass is 9.92. The zero-order valence-corrected chi connectivity index (χ0v) is 12.1. The van der Waals surface area contributed by atoms with Crippen LogP contribution in [0.15, 0.2) is 29.2 Å². The van der Waals surface area contributed by atoms with E-state index < -0.39 is 21.5 Å². The Morgan fingerprint density at radius 3 is 2.30 bits per heavy atom. The average Bonchev–Trinajstić information content (AvgIpc) is 2.39. The van der Waals surface area contributed by atoms with Crippen LogP contribution in [0.25, 0.3) is 0 Å². The van der Waals surface area contributed by atoms with Crippen molar-refractivity contribution >= 4 is 27.6 Å². The number of carboxylic acid groups (broad SMARTS) is 1. The average molecular weight is 320 g/mol. The molecule has 20 heavy (non-hydrogen) atoms. The summed E-state index contributed by atoms with van der Waals surface area (Å²) in [5.41, 5.74) is -1.52. The standard InChI is InChI=1S/C12H14ClNO5S/c13-9-1-3-10(4-2-9)20(17,18)14-12(11(15)16)5-7-19-8-6-12/h1-4,14H,5-8H2,(H,15,16). The molecule has 0 atom stereocenters. The van der Waals surface area contributed by atoms with Crippen LogP contribution in [0.3, 0.4) is 0 Å². The molecule has 0 aromatic heterocycles. The van der Waals surface area contributed by atoms with Gasteiger partial charge in [-0.15, -0.1) is 0 Å². The number of halogens is 1. The molecule has 0 amide bonds. The van der Waals surface area contributed by atoms with E-state index in [2.05, 4.69) is 4.72 Å². The minimum atomic E-state index is -3.93. The summed E-state index contributed by atoms with van der Waals surface area (Å²) < 4.78 is 31.9. The maximum atomic E-state index is 12.3. The van der Waals surface area contributed by atoms with Gasteiger partial charge in [0.2, 0.25) is 10.0 Å². The van der Waals surface area contributed by atoms with Crippen molar-refractivity contribution in [1.29, 1.82) is 0 Å². The highest BCUT2D eigenvalue weighted by molar-refractivity contribution is 7.89. The summed E-state index contributed by atoms with van der Waals surface area (Å²) in [5, 5.41) is 9.75. The van der Waals surface area contributed by atoms with Crippen LogP contribution in [0, 0.1) is 0 Å². The summed E-state index contributed by atoms with van der Waals surface area (Å²) >= 11 is 5.71. The van der Waals surface area contributed by atoms with Gasteiger partial charge >= 0.3 is 5.97 Å². The lowest BCUT2D eigenvalue weighted by molar-refractivity contribution is -0.147. The Kier molecular flexibility index (Phi) is 4.33. The second-order valence-electron chi connectivity index (χ2n) is 4.56. The Morgan fingerprint density at radius 1 is 1.25 bits per heavy atom. The second kappa shape index (κ2) is 5.69. The monoisotopic (exact) mass is 319 g/mol. The number of aliphatic carboxylic acids is 1. The van der Waals surface area contributed by atoms with E-state index in [4.69, 9.17) is 16.3 Å². The van der Waals surface area contributed by atoms with Crippen LogP contribution in [0.2, 0.25) is 5.02 Å². The predicted octanol–water partition coefficient (Wildman–Crippen LogP) is 1.25. The molecule has 1 fully saturated rings. The molecule has 2 rings (SSSR count). The summed E-state index contributed by atoms with van der Waals surface area (Å²) in [4.78, 5) is 11.4. The minimum absolute atomic E-state index is 0.0194. The Bertz CT molecular complexity index is 593. The van der Waals surface area contributed by atoms with Crippen molar-refractivity contribution < 1.29 is 23.1 Å². The first-order chi connectivity index (χ1) is 9.36. The van der Waals surface area contributed by atoms with Crippen molar-refractivity contribution in [3.63, 3.8) is 0 Å². The van der Waals surface area contributed by atoms with Crippen molar-refractivity contribution in [2.45, 2.75) is 23.3 Å². The van der Waals surface area contributed by atoms with Crippen LogP contribution in [0.1, 0.15) is 12.8 Å². The Morgan fingerprint density at radius 2 is 1.80 bits per heavy atom. The van der Waals surface area contributed by atoms with Gasteiger partial charge in [-0.25, -0.2) is 8.42 Å². The van der Waals surface area contributed by atoms with Gasteiger partial charge in [-0.1, -0.05) is 11.6 Å². The fourth-order valence-corrected chi connectivity index (χ4v) is 3.55. The zero-order chi connectivity index (χ0) is 14.8. The summed E-state index contributed by atoms with van der Waals surface area (Å²) in [5.74, 6) is -1.20. The number of sulfonamides is 1. The topological polar surface area (TPSA) is 92.7 Å². The normalized spacial score (nSPS) is 18.6. The van der Waals surface area contributed by atoms with Gasteiger partial charge in [-0.3, -0.25) is 4.79 Å². The van der Waals surface area contributed by atoms with Crippen molar-refractivity contribution in [1.82, 2.24) is 4.72 Å². The molecular formula is C12H14ClNO5S. The molecule has 1 aromatic carbocycles. The number of benzene rings is 1. The molecule has 6 nitrogen and oxygen atoms in total. The number of carboxylic acids is 1. The van der Waals surface area contributed by atoms with Gasteiger partial charge in [0.05, 0.1) is 4.90 Å². The molecule has 0 saturated carbocycles. The van der Waals surface area contributed by atoms with Crippen molar-refractivity contribution in [3.05, 3.63) is 29.3 Å². The molecule has 0 unspecified atom stereocenters. The Labute approximate surface area is 121 Å². The second-order valence-corrected chi connectivity index (χ2v) is 6.68. The van der Waals surface area contributed by atoms with E-state index in [1.165, 1.54) is 24.3 Å². The van der Waals surface area contributed by atoms with Gasteiger partial charge in [0, 0.05) is 31.1 Å². The highest BCUT2D eigenvalue weighted by Gasteiger charge is 2.43. The van der Waals surface area contributed by atoms with Gasteiger partial charge in [0.15, 0.2) is 0 Å². The first-order valence-corrected chi connectivity index (χ1v) is 7.83. The van der Waals surface area contributed by atoms with Crippen molar-refractivity contribution in [3.8, 4) is 0 Å². The SMILES string of the molecule is O=C(O)C1(NS(=O)(=O)c2ccc(Cl)cc2)CCOCC1. The molecule has 0 radical (unpaired) electrons. The predicted molar refractivity (Wildman–Crippen MR) is 72.2 cm³/mol. The molecule has 0 aliphatic carbocycles. The highest BCUT2D eigenvalue weighted by Crippen LogP contribution is 2.24. The smallest absolute Gasteiger partial charge is 0.325 e. The summed E-state index contributed by atoms with van der Waals surface area (Å²) in [6.45, 7) is 0.408. The van der Waals surface area contributed by atoms with Crippen LogP contribution in [0.4, 0.5) is 0 Å². The summed E-state index contributed by atoms with van der Waals surface area (Å²) in [7, 11) is -3.93. The Balaban J connectivity index is 2.30. The van der Waals surface area contributed by atoms with Crippen LogP contribution >= 0.6 is 11.6 Å². The number of carbonyl (C=O) groups is 1. The van der Waals surface area contributed by atoms with Crippen LogP contribution in [-0.4, -0.2) is 38.2 Å². The summed E-state index contributed by atoms with van der Waals surface area (Å²) in [6, 6.07) is 5.54. The molecule has 1 aliphatic rings. The fraction of sp³-hybridized carbons (Fsp3) is 0.417. The molecule has 110 valence electrons. The largest absolute Gasteiger partial charge is 0.480 e. The minimum Gasteiger partial charge on any atom is -0.480 e. The quantitative estimate of drug-likeness (QED) is 0.871. The van der Waals surface area contributed by atoms with Gasteiger partial charge in [0.25, 0.3) is 0 Å². The molecule has 1 saturated heterocycles. The van der Waals surface area contributed by atoms with E-state index in [0.717, 1.165) is 0 Å². The first-order valence-electron chi connectivity index (χ1n) is 5.96. The van der Waals surface area contributed by atoms with Crippen LogP contribution < -0.4 is 4.72 Å². The van der Waals surface area contributed by atoms with Gasteiger partial charge in [0.1, 0.15) is 5.54 Å². The molecule has 1 aromatic rings. The lowest BCUT2D eigenvalue weighted by Crippen LogP contribution is -2.57. The van der Waals surface area contributed by atoms with E-state index in [9.17, 15) is 18.3 Å². The molecular weight excluding hydrogens is 306 g/mol. The van der Waals surface area contributed by atoms with E-state index in [0.29, 0.717) is 5.02 Å². The van der Waals surface area contributed by atoms with Crippen molar-refractivity contribution in [2.24, 2.45) is 0 Å². The first kappa shape index (κ1) is 15.2. The number of rotatable bonds is 4. The number of ether oxygens (including phenoxy) is 1. The maximum Gasteiger partial charge on any atom is 0.325 e. The molecule has 8 heteroatoms. The molecule has 0 spiro atoms. The van der Waals surface area contributed by atoms with E-state index >= 15 is 0 Å². The third kappa shape index (κ3) is 3.12. The molecule has 0 bridgehead atoms. The summed E-state index contributed by atoms with van der Waals surface area (Å²) in [6.07, 6.45) is 0.185. The molecule has 1 aliphatic heterocycles. The number of hydrogen-bond donors (Lipinski definition) is 2. The van der Waals surface area contributed by atoms with Gasteiger partial charge in [-0.05, 0) is 24.3 Å². The van der Waals surface area contributed by atoms with Gasteiger partial charge in [-0.2, -0.15) is 4.72 Å². The van der Waals surface area contributed by atoms with Crippen molar-refractivity contribution in [2.75, 3.05) is 13.2 Å². The van der Waals surface area contributed by atoms with E-state index in [1.54, 1.807) is 0 Å². The van der Waals surface area contributed by atoms with E-state index in [1.807, 2.05) is 0 Å². The maximum absolute atomic E-state index is 12.3. The molecule has 2 N–H and O–H groups in total. The van der Waals surface area contributed by atoms with Gasteiger partial charge < -0.3 is 9.84 Å². The molecule has 1 heterocycles.